The van der Waals surface area contributed by atoms with E-state index in [1.165, 1.54) is 4.52 Å². The number of aromatic amines is 1. The Morgan fingerprint density at radius 2 is 2.14 bits per heavy atom. The van der Waals surface area contributed by atoms with E-state index in [9.17, 15) is 13.2 Å². The van der Waals surface area contributed by atoms with Crippen LogP contribution in [0.25, 0.3) is 5.78 Å². The van der Waals surface area contributed by atoms with Crippen molar-refractivity contribution in [3.05, 3.63) is 23.9 Å². The van der Waals surface area contributed by atoms with Crippen molar-refractivity contribution in [3.8, 4) is 0 Å². The molecule has 0 fully saturated rings. The SMILES string of the molecule is CCc1nc(Sc2cc(C(F)(F)F)nc3ncnn23)n[nH]1. The molecule has 3 aromatic heterocycles. The number of aryl methyl sites for hydroxylation is 1. The van der Waals surface area contributed by atoms with Gasteiger partial charge in [0.2, 0.25) is 5.16 Å². The molecule has 0 saturated carbocycles. The van der Waals surface area contributed by atoms with Gasteiger partial charge >= 0.3 is 6.18 Å². The fourth-order valence-corrected chi connectivity index (χ4v) is 2.40. The zero-order chi connectivity index (χ0) is 15.0. The topological polar surface area (TPSA) is 84.7 Å². The van der Waals surface area contributed by atoms with Crippen LogP contribution in [0, 0.1) is 0 Å². The summed E-state index contributed by atoms with van der Waals surface area (Å²) in [5.41, 5.74) is -1.03. The van der Waals surface area contributed by atoms with Crippen LogP contribution >= 0.6 is 11.8 Å². The maximum atomic E-state index is 12.8. The first-order valence-electron chi connectivity index (χ1n) is 5.84. The average molecular weight is 315 g/mol. The van der Waals surface area contributed by atoms with Gasteiger partial charge < -0.3 is 0 Å². The first-order valence-corrected chi connectivity index (χ1v) is 6.66. The molecule has 0 aromatic carbocycles. The second-order valence-electron chi connectivity index (χ2n) is 3.97. The number of rotatable bonds is 3. The highest BCUT2D eigenvalue weighted by Crippen LogP contribution is 2.32. The smallest absolute Gasteiger partial charge is 0.262 e. The summed E-state index contributed by atoms with van der Waals surface area (Å²) < 4.78 is 39.7. The molecule has 0 aliphatic carbocycles. The third kappa shape index (κ3) is 2.68. The van der Waals surface area contributed by atoms with Gasteiger partial charge in [0.25, 0.3) is 5.78 Å². The van der Waals surface area contributed by atoms with Crippen LogP contribution in [0.4, 0.5) is 13.2 Å². The van der Waals surface area contributed by atoms with Gasteiger partial charge in [0.1, 0.15) is 17.2 Å². The molecule has 21 heavy (non-hydrogen) atoms. The molecule has 110 valence electrons. The number of hydrogen-bond donors (Lipinski definition) is 1. The van der Waals surface area contributed by atoms with Crippen LogP contribution in [0.1, 0.15) is 18.4 Å². The predicted octanol–water partition coefficient (Wildman–Crippen LogP) is 1.97. The molecule has 0 unspecified atom stereocenters. The molecule has 0 bridgehead atoms. The van der Waals surface area contributed by atoms with E-state index in [-0.39, 0.29) is 10.8 Å². The Balaban J connectivity index is 2.05. The van der Waals surface area contributed by atoms with Crippen molar-refractivity contribution >= 4 is 17.5 Å². The van der Waals surface area contributed by atoms with E-state index in [0.29, 0.717) is 17.4 Å². The number of aromatic nitrogens is 7. The quantitative estimate of drug-likeness (QED) is 0.744. The minimum atomic E-state index is -4.56. The summed E-state index contributed by atoms with van der Waals surface area (Å²) >= 11 is 0.955. The van der Waals surface area contributed by atoms with Crippen LogP contribution in [0.2, 0.25) is 0 Å². The van der Waals surface area contributed by atoms with Crippen LogP contribution in [0.15, 0.2) is 22.6 Å². The summed E-state index contributed by atoms with van der Waals surface area (Å²) in [7, 11) is 0. The molecule has 3 rings (SSSR count). The number of nitrogens with zero attached hydrogens (tertiary/aromatic N) is 6. The van der Waals surface area contributed by atoms with Crippen molar-refractivity contribution < 1.29 is 13.2 Å². The molecule has 0 spiro atoms. The molecule has 1 N–H and O–H groups in total. The lowest BCUT2D eigenvalue weighted by Crippen LogP contribution is -2.10. The minimum absolute atomic E-state index is 0.126. The van der Waals surface area contributed by atoms with E-state index in [2.05, 4.69) is 30.2 Å². The maximum Gasteiger partial charge on any atom is 0.433 e. The van der Waals surface area contributed by atoms with Crippen LogP contribution < -0.4 is 0 Å². The standard InChI is InChI=1S/C10H8F3N7S/c1-2-6-17-9(19-18-6)21-7-3-5(10(11,12)13)16-8-14-4-15-20(7)8/h3-4H,2H2,1H3,(H,17,18,19). The van der Waals surface area contributed by atoms with Crippen molar-refractivity contribution in [3.63, 3.8) is 0 Å². The van der Waals surface area contributed by atoms with E-state index in [1.807, 2.05) is 6.92 Å². The lowest BCUT2D eigenvalue weighted by Gasteiger charge is -2.07. The number of alkyl halides is 3. The third-order valence-corrected chi connectivity index (χ3v) is 3.42. The van der Waals surface area contributed by atoms with Crippen molar-refractivity contribution in [2.45, 2.75) is 29.7 Å². The molecule has 11 heteroatoms. The van der Waals surface area contributed by atoms with Gasteiger partial charge in [0.15, 0.2) is 5.69 Å². The number of fused-ring (bicyclic) bond motifs is 1. The van der Waals surface area contributed by atoms with E-state index >= 15 is 0 Å². The van der Waals surface area contributed by atoms with Crippen LogP contribution in [0.3, 0.4) is 0 Å². The molecule has 0 amide bonds. The van der Waals surface area contributed by atoms with E-state index in [4.69, 9.17) is 0 Å². The van der Waals surface area contributed by atoms with Gasteiger partial charge in [-0.05, 0) is 11.8 Å². The summed E-state index contributed by atoms with van der Waals surface area (Å²) in [6.07, 6.45) is -2.77. The molecule has 7 nitrogen and oxygen atoms in total. The number of halogens is 3. The maximum absolute atomic E-state index is 12.8. The Morgan fingerprint density at radius 1 is 1.33 bits per heavy atom. The molecule has 3 aromatic rings. The lowest BCUT2D eigenvalue weighted by molar-refractivity contribution is -0.141. The highest BCUT2D eigenvalue weighted by atomic mass is 32.2. The second kappa shape index (κ2) is 4.98. The number of hydrogen-bond acceptors (Lipinski definition) is 6. The average Bonchev–Trinajstić information content (AvgIpc) is 3.05. The van der Waals surface area contributed by atoms with Crippen molar-refractivity contribution in [2.24, 2.45) is 0 Å². The fourth-order valence-electron chi connectivity index (χ4n) is 1.58. The zero-order valence-electron chi connectivity index (χ0n) is 10.6. The summed E-state index contributed by atoms with van der Waals surface area (Å²) in [5.74, 6) is 0.524. The van der Waals surface area contributed by atoms with Gasteiger partial charge in [-0.15, -0.1) is 5.10 Å². The third-order valence-electron chi connectivity index (χ3n) is 2.55. The Morgan fingerprint density at radius 3 is 2.81 bits per heavy atom. The van der Waals surface area contributed by atoms with Crippen LogP contribution in [0.5, 0.6) is 0 Å². The largest absolute Gasteiger partial charge is 0.433 e. The predicted molar refractivity (Wildman–Crippen MR) is 65.7 cm³/mol. The van der Waals surface area contributed by atoms with E-state index in [1.54, 1.807) is 0 Å². The number of nitrogens with one attached hydrogen (secondary N) is 1. The van der Waals surface area contributed by atoms with Gasteiger partial charge in [-0.1, -0.05) is 6.92 Å². The summed E-state index contributed by atoms with van der Waals surface area (Å²) in [6.45, 7) is 1.89. The molecule has 0 radical (unpaired) electrons. The molecule has 0 atom stereocenters. The van der Waals surface area contributed by atoms with Gasteiger partial charge in [-0.25, -0.2) is 9.97 Å². The fraction of sp³-hybridized carbons (Fsp3) is 0.300. The van der Waals surface area contributed by atoms with Crippen molar-refractivity contribution in [1.82, 2.24) is 34.8 Å². The minimum Gasteiger partial charge on any atom is -0.262 e. The molecule has 0 saturated heterocycles. The highest BCUT2D eigenvalue weighted by Gasteiger charge is 2.34. The van der Waals surface area contributed by atoms with Crippen molar-refractivity contribution in [1.29, 1.82) is 0 Å². The van der Waals surface area contributed by atoms with Crippen LogP contribution in [-0.2, 0) is 12.6 Å². The van der Waals surface area contributed by atoms with E-state index in [0.717, 1.165) is 24.2 Å². The van der Waals surface area contributed by atoms with Gasteiger partial charge in [-0.2, -0.15) is 27.8 Å². The molecular formula is C10H8F3N7S. The van der Waals surface area contributed by atoms with Gasteiger partial charge in [-0.3, -0.25) is 5.10 Å². The monoisotopic (exact) mass is 315 g/mol. The zero-order valence-corrected chi connectivity index (χ0v) is 11.4. The van der Waals surface area contributed by atoms with E-state index < -0.39 is 11.9 Å². The molecule has 0 aliphatic heterocycles. The van der Waals surface area contributed by atoms with Gasteiger partial charge in [0, 0.05) is 12.5 Å². The number of H-pyrrole nitrogens is 1. The Bertz CT molecular complexity index is 778. The lowest BCUT2D eigenvalue weighted by atomic mass is 10.4. The Hall–Kier alpha value is -2.17. The van der Waals surface area contributed by atoms with Gasteiger partial charge in [0.05, 0.1) is 0 Å². The first kappa shape index (κ1) is 13.8. The second-order valence-corrected chi connectivity index (χ2v) is 4.96. The van der Waals surface area contributed by atoms with Crippen LogP contribution in [-0.4, -0.2) is 34.8 Å². The summed E-state index contributed by atoms with van der Waals surface area (Å²) in [4.78, 5) is 11.3. The van der Waals surface area contributed by atoms with Crippen molar-refractivity contribution in [2.75, 3.05) is 0 Å². The summed E-state index contributed by atoms with van der Waals surface area (Å²) in [6, 6.07) is 0.897. The first-order chi connectivity index (χ1) is 9.97. The Kier molecular flexibility index (Phi) is 3.27. The normalized spacial score (nSPS) is 12.2. The Labute approximate surface area is 120 Å². The molecular weight excluding hydrogens is 307 g/mol. The molecule has 3 heterocycles. The molecule has 0 aliphatic rings. The summed E-state index contributed by atoms with van der Waals surface area (Å²) in [5, 5.41) is 11.0. The highest BCUT2D eigenvalue weighted by molar-refractivity contribution is 7.99.